The Hall–Kier alpha value is -1.13. The molecule has 0 N–H and O–H groups in total. The Morgan fingerprint density at radius 2 is 1.83 bits per heavy atom. The number of ether oxygens (including phenoxy) is 1. The van der Waals surface area contributed by atoms with Crippen LogP contribution < -0.4 is 4.74 Å². The second-order valence-corrected chi connectivity index (χ2v) is 4.93. The Balaban J connectivity index is 2.11. The lowest BCUT2D eigenvalue weighted by atomic mass is 10.2. The molecular weight excluding hydrogens is 325 g/mol. The average Bonchev–Trinajstić information content (AvgIpc) is 2.34. The summed E-state index contributed by atoms with van der Waals surface area (Å²) in [5, 5.41) is 0.0485. The third kappa shape index (κ3) is 3.21. The van der Waals surface area contributed by atoms with Gasteiger partial charge in [0.1, 0.15) is 12.4 Å². The molecule has 0 spiro atoms. The molecule has 0 amide bonds. The fraction of sp³-hybridized carbons (Fsp3) is 0.0769. The lowest BCUT2D eigenvalue weighted by molar-refractivity contribution is 0.289. The molecule has 0 aliphatic rings. The van der Waals surface area contributed by atoms with Crippen molar-refractivity contribution in [2.45, 2.75) is 6.61 Å². The molecule has 2 aromatic rings. The summed E-state index contributed by atoms with van der Waals surface area (Å²) in [6.45, 7) is 0.0709. The summed E-state index contributed by atoms with van der Waals surface area (Å²) in [6, 6.07) is 8.71. The van der Waals surface area contributed by atoms with Crippen molar-refractivity contribution in [3.8, 4) is 5.75 Å². The molecule has 0 saturated carbocycles. The minimum atomic E-state index is -0.521. The van der Waals surface area contributed by atoms with E-state index >= 15 is 0 Å². The molecule has 0 heterocycles. The van der Waals surface area contributed by atoms with Gasteiger partial charge < -0.3 is 4.74 Å². The van der Waals surface area contributed by atoms with Gasteiger partial charge in [0.15, 0.2) is 11.6 Å². The highest BCUT2D eigenvalue weighted by molar-refractivity contribution is 9.10. The minimum Gasteiger partial charge on any atom is -0.486 e. The third-order valence-electron chi connectivity index (χ3n) is 2.27. The maximum absolute atomic E-state index is 13.4. The SMILES string of the molecule is Fc1cc(COc2cc(Br)ccc2F)ccc1Cl. The van der Waals surface area contributed by atoms with E-state index in [9.17, 15) is 8.78 Å². The predicted molar refractivity (Wildman–Crippen MR) is 69.8 cm³/mol. The van der Waals surface area contributed by atoms with Crippen LogP contribution in [0.15, 0.2) is 40.9 Å². The summed E-state index contributed by atoms with van der Waals surface area (Å²) in [6.07, 6.45) is 0. The van der Waals surface area contributed by atoms with E-state index in [1.165, 1.54) is 24.3 Å². The molecular formula is C13H8BrClF2O. The molecule has 0 aliphatic carbocycles. The molecule has 0 aromatic heterocycles. The molecule has 94 valence electrons. The maximum atomic E-state index is 13.4. The summed E-state index contributed by atoms with van der Waals surface area (Å²) in [4.78, 5) is 0. The fourth-order valence-corrected chi connectivity index (χ4v) is 1.84. The van der Waals surface area contributed by atoms with E-state index in [0.29, 0.717) is 10.0 Å². The second-order valence-electron chi connectivity index (χ2n) is 3.61. The number of hydrogen-bond acceptors (Lipinski definition) is 1. The van der Waals surface area contributed by atoms with Gasteiger partial charge in [-0.1, -0.05) is 33.6 Å². The lowest BCUT2D eigenvalue weighted by Gasteiger charge is -2.08. The molecule has 5 heteroatoms. The minimum absolute atomic E-state index is 0.0485. The van der Waals surface area contributed by atoms with Crippen LogP contribution in [-0.4, -0.2) is 0 Å². The van der Waals surface area contributed by atoms with Crippen molar-refractivity contribution in [3.63, 3.8) is 0 Å². The van der Waals surface area contributed by atoms with Gasteiger partial charge in [-0.25, -0.2) is 8.78 Å². The lowest BCUT2D eigenvalue weighted by Crippen LogP contribution is -1.98. The van der Waals surface area contributed by atoms with Gasteiger partial charge in [0, 0.05) is 4.47 Å². The maximum Gasteiger partial charge on any atom is 0.165 e. The van der Waals surface area contributed by atoms with Crippen molar-refractivity contribution < 1.29 is 13.5 Å². The highest BCUT2D eigenvalue weighted by Gasteiger charge is 2.06. The average molecular weight is 334 g/mol. The Morgan fingerprint density at radius 3 is 2.56 bits per heavy atom. The van der Waals surface area contributed by atoms with Crippen LogP contribution in [0.25, 0.3) is 0 Å². The summed E-state index contributed by atoms with van der Waals surface area (Å²) in [5.74, 6) is -0.875. The molecule has 0 fully saturated rings. The molecule has 0 saturated heterocycles. The topological polar surface area (TPSA) is 9.23 Å². The van der Waals surface area contributed by atoms with Crippen molar-refractivity contribution in [2.24, 2.45) is 0 Å². The van der Waals surface area contributed by atoms with Crippen LogP contribution in [0.3, 0.4) is 0 Å². The van der Waals surface area contributed by atoms with Gasteiger partial charge >= 0.3 is 0 Å². The van der Waals surface area contributed by atoms with Crippen molar-refractivity contribution in [3.05, 3.63) is 63.1 Å². The van der Waals surface area contributed by atoms with Gasteiger partial charge in [-0.05, 0) is 35.9 Å². The molecule has 2 aromatic carbocycles. The smallest absolute Gasteiger partial charge is 0.165 e. The highest BCUT2D eigenvalue weighted by atomic mass is 79.9. The van der Waals surface area contributed by atoms with Crippen LogP contribution in [0, 0.1) is 11.6 Å². The Kier molecular flexibility index (Phi) is 4.19. The Morgan fingerprint density at radius 1 is 1.06 bits per heavy atom. The fourth-order valence-electron chi connectivity index (χ4n) is 1.38. The standard InChI is InChI=1S/C13H8BrClF2O/c14-9-2-4-11(16)13(6-9)18-7-8-1-3-10(15)12(17)5-8/h1-6H,7H2. The van der Waals surface area contributed by atoms with Crippen LogP contribution in [-0.2, 0) is 6.61 Å². The second kappa shape index (κ2) is 5.67. The van der Waals surface area contributed by atoms with Crippen LogP contribution in [0.1, 0.15) is 5.56 Å². The zero-order valence-electron chi connectivity index (χ0n) is 9.09. The van der Waals surface area contributed by atoms with Crippen LogP contribution >= 0.6 is 27.5 Å². The van der Waals surface area contributed by atoms with Gasteiger partial charge in [-0.2, -0.15) is 0 Å². The van der Waals surface area contributed by atoms with E-state index in [-0.39, 0.29) is 17.4 Å². The number of hydrogen-bond donors (Lipinski definition) is 0. The molecule has 0 bridgehead atoms. The summed E-state index contributed by atoms with van der Waals surface area (Å²) >= 11 is 8.78. The van der Waals surface area contributed by atoms with Crippen LogP contribution in [0.4, 0.5) is 8.78 Å². The first-order valence-electron chi connectivity index (χ1n) is 5.08. The molecule has 18 heavy (non-hydrogen) atoms. The molecule has 0 aliphatic heterocycles. The van der Waals surface area contributed by atoms with E-state index in [4.69, 9.17) is 16.3 Å². The Bertz CT molecular complexity index is 575. The van der Waals surface area contributed by atoms with E-state index in [2.05, 4.69) is 15.9 Å². The number of benzene rings is 2. The normalized spacial score (nSPS) is 10.4. The van der Waals surface area contributed by atoms with Gasteiger partial charge in [-0.15, -0.1) is 0 Å². The monoisotopic (exact) mass is 332 g/mol. The van der Waals surface area contributed by atoms with Crippen LogP contribution in [0.2, 0.25) is 5.02 Å². The van der Waals surface area contributed by atoms with E-state index in [1.807, 2.05) is 0 Å². The van der Waals surface area contributed by atoms with Gasteiger partial charge in [-0.3, -0.25) is 0 Å². The molecule has 0 unspecified atom stereocenters. The first kappa shape index (κ1) is 13.3. The number of halogens is 4. The molecule has 2 rings (SSSR count). The first-order valence-corrected chi connectivity index (χ1v) is 6.25. The Labute approximate surface area is 116 Å². The summed E-state index contributed by atoms with van der Waals surface area (Å²) in [5.41, 5.74) is 0.580. The largest absolute Gasteiger partial charge is 0.486 e. The third-order valence-corrected chi connectivity index (χ3v) is 3.07. The van der Waals surface area contributed by atoms with Crippen molar-refractivity contribution >= 4 is 27.5 Å². The van der Waals surface area contributed by atoms with E-state index in [0.717, 1.165) is 0 Å². The molecule has 1 nitrogen and oxygen atoms in total. The van der Waals surface area contributed by atoms with Crippen molar-refractivity contribution in [1.82, 2.24) is 0 Å². The van der Waals surface area contributed by atoms with Gasteiger partial charge in [0.05, 0.1) is 5.02 Å². The summed E-state index contributed by atoms with van der Waals surface area (Å²) < 4.78 is 32.5. The first-order chi connectivity index (χ1) is 8.56. The predicted octanol–water partition coefficient (Wildman–Crippen LogP) is 4.96. The van der Waals surface area contributed by atoms with Gasteiger partial charge in [0.2, 0.25) is 0 Å². The molecule has 0 radical (unpaired) electrons. The summed E-state index contributed by atoms with van der Waals surface area (Å²) in [7, 11) is 0. The van der Waals surface area contributed by atoms with Crippen molar-refractivity contribution in [2.75, 3.05) is 0 Å². The van der Waals surface area contributed by atoms with Gasteiger partial charge in [0.25, 0.3) is 0 Å². The van der Waals surface area contributed by atoms with Crippen LogP contribution in [0.5, 0.6) is 5.75 Å². The number of rotatable bonds is 3. The van der Waals surface area contributed by atoms with E-state index in [1.54, 1.807) is 12.1 Å². The highest BCUT2D eigenvalue weighted by Crippen LogP contribution is 2.23. The zero-order chi connectivity index (χ0) is 13.1. The molecule has 0 atom stereocenters. The van der Waals surface area contributed by atoms with Crippen molar-refractivity contribution in [1.29, 1.82) is 0 Å². The quantitative estimate of drug-likeness (QED) is 0.771. The van der Waals surface area contributed by atoms with E-state index < -0.39 is 11.6 Å². The zero-order valence-corrected chi connectivity index (χ0v) is 11.4.